The molecule has 1 heterocycles. The molecule has 0 saturated heterocycles. The minimum Gasteiger partial charge on any atom is -0.343 e. The molecule has 3 rings (SSSR count). The number of pyridine rings is 1. The summed E-state index contributed by atoms with van der Waals surface area (Å²) in [7, 11) is 1.97. The number of nitrogens with one attached hydrogen (secondary N) is 1. The second-order valence-corrected chi connectivity index (χ2v) is 6.00. The Balaban J connectivity index is 1.76. The average Bonchev–Trinajstić information content (AvgIpc) is 2.65. The van der Waals surface area contributed by atoms with Gasteiger partial charge in [0.25, 0.3) is 5.91 Å². The first-order valence-corrected chi connectivity index (χ1v) is 8.18. The van der Waals surface area contributed by atoms with E-state index >= 15 is 0 Å². The zero-order chi connectivity index (χ0) is 17.8. The van der Waals surface area contributed by atoms with Gasteiger partial charge < -0.3 is 10.2 Å². The maximum Gasteiger partial charge on any atom is 0.274 e. The average molecular weight is 331 g/mol. The van der Waals surface area contributed by atoms with E-state index in [4.69, 9.17) is 0 Å². The van der Waals surface area contributed by atoms with Crippen molar-refractivity contribution >= 4 is 23.0 Å². The number of amides is 1. The Hall–Kier alpha value is -3.14. The molecule has 0 spiro atoms. The Bertz CT molecular complexity index is 873. The molecule has 4 nitrogen and oxygen atoms in total. The van der Waals surface area contributed by atoms with Crippen molar-refractivity contribution in [3.05, 3.63) is 83.7 Å². The Morgan fingerprint density at radius 2 is 1.68 bits per heavy atom. The number of carbonyl (C=O) groups is 1. The number of hydrogen-bond acceptors (Lipinski definition) is 3. The molecule has 0 atom stereocenters. The van der Waals surface area contributed by atoms with Crippen LogP contribution in [0.15, 0.2) is 66.9 Å². The Morgan fingerprint density at radius 3 is 2.36 bits per heavy atom. The smallest absolute Gasteiger partial charge is 0.274 e. The molecule has 1 aromatic heterocycles. The molecule has 0 aliphatic carbocycles. The van der Waals surface area contributed by atoms with Gasteiger partial charge in [-0.1, -0.05) is 30.3 Å². The summed E-state index contributed by atoms with van der Waals surface area (Å²) in [6.07, 6.45) is 1.71. The van der Waals surface area contributed by atoms with Crippen molar-refractivity contribution in [2.45, 2.75) is 13.8 Å². The van der Waals surface area contributed by atoms with Crippen molar-refractivity contribution in [2.24, 2.45) is 0 Å². The molecule has 1 amide bonds. The second kappa shape index (κ2) is 7.18. The highest BCUT2D eigenvalue weighted by molar-refractivity contribution is 6.03. The monoisotopic (exact) mass is 331 g/mol. The first-order valence-electron chi connectivity index (χ1n) is 8.18. The molecule has 25 heavy (non-hydrogen) atoms. The van der Waals surface area contributed by atoms with Crippen LogP contribution in [0.1, 0.15) is 21.6 Å². The van der Waals surface area contributed by atoms with Gasteiger partial charge in [0.05, 0.1) is 11.9 Å². The van der Waals surface area contributed by atoms with Crippen LogP contribution in [0, 0.1) is 13.8 Å². The molecule has 2 aromatic carbocycles. The molecule has 0 fully saturated rings. The van der Waals surface area contributed by atoms with Crippen molar-refractivity contribution in [2.75, 3.05) is 17.3 Å². The third-order valence-electron chi connectivity index (χ3n) is 4.36. The zero-order valence-electron chi connectivity index (χ0n) is 14.7. The number of aryl methyl sites for hydroxylation is 1. The fraction of sp³-hybridized carbons (Fsp3) is 0.143. The molecule has 4 heteroatoms. The minimum atomic E-state index is -0.206. The standard InChI is InChI=1S/C21H21N3O/c1-15-8-7-11-19(16(15)2)23-21(25)20-13-12-18(14-22-20)24(3)17-9-5-4-6-10-17/h4-14H,1-3H3,(H,23,25). The fourth-order valence-corrected chi connectivity index (χ4v) is 2.59. The van der Waals surface area contributed by atoms with Crippen molar-refractivity contribution in [1.82, 2.24) is 4.98 Å². The predicted octanol–water partition coefficient (Wildman–Crippen LogP) is 4.72. The van der Waals surface area contributed by atoms with Gasteiger partial charge in [-0.25, -0.2) is 4.98 Å². The number of rotatable bonds is 4. The van der Waals surface area contributed by atoms with E-state index in [1.165, 1.54) is 0 Å². The molecule has 3 aromatic rings. The summed E-state index contributed by atoms with van der Waals surface area (Å²) in [5.74, 6) is -0.206. The number of para-hydroxylation sites is 1. The maximum absolute atomic E-state index is 12.4. The van der Waals surface area contributed by atoms with Crippen LogP contribution >= 0.6 is 0 Å². The minimum absolute atomic E-state index is 0.206. The van der Waals surface area contributed by atoms with Gasteiger partial charge in [0.2, 0.25) is 0 Å². The lowest BCUT2D eigenvalue weighted by molar-refractivity contribution is 0.102. The fourth-order valence-electron chi connectivity index (χ4n) is 2.59. The van der Waals surface area contributed by atoms with Gasteiger partial charge in [0.1, 0.15) is 5.69 Å². The largest absolute Gasteiger partial charge is 0.343 e. The third-order valence-corrected chi connectivity index (χ3v) is 4.36. The summed E-state index contributed by atoms with van der Waals surface area (Å²) >= 11 is 0. The van der Waals surface area contributed by atoms with Crippen LogP contribution in [0.5, 0.6) is 0 Å². The summed E-state index contributed by atoms with van der Waals surface area (Å²) in [6, 6.07) is 19.5. The van der Waals surface area contributed by atoms with Gasteiger partial charge in [-0.3, -0.25) is 4.79 Å². The zero-order valence-corrected chi connectivity index (χ0v) is 14.7. The highest BCUT2D eigenvalue weighted by atomic mass is 16.1. The summed E-state index contributed by atoms with van der Waals surface area (Å²) in [4.78, 5) is 18.8. The predicted molar refractivity (Wildman–Crippen MR) is 103 cm³/mol. The van der Waals surface area contributed by atoms with Crippen LogP contribution in [0.2, 0.25) is 0 Å². The number of benzene rings is 2. The first kappa shape index (κ1) is 16.7. The number of nitrogens with zero attached hydrogens (tertiary/aromatic N) is 2. The molecule has 0 bridgehead atoms. The first-order chi connectivity index (χ1) is 12.1. The quantitative estimate of drug-likeness (QED) is 0.752. The van der Waals surface area contributed by atoms with E-state index in [9.17, 15) is 4.79 Å². The highest BCUT2D eigenvalue weighted by Gasteiger charge is 2.11. The summed E-state index contributed by atoms with van der Waals surface area (Å²) < 4.78 is 0. The van der Waals surface area contributed by atoms with Crippen LogP contribution in [0.4, 0.5) is 17.1 Å². The maximum atomic E-state index is 12.4. The van der Waals surface area contributed by atoms with Gasteiger partial charge in [-0.2, -0.15) is 0 Å². The van der Waals surface area contributed by atoms with Gasteiger partial charge in [0, 0.05) is 18.4 Å². The van der Waals surface area contributed by atoms with Crippen LogP contribution in [0.3, 0.4) is 0 Å². The van der Waals surface area contributed by atoms with E-state index in [0.29, 0.717) is 5.69 Å². The lowest BCUT2D eigenvalue weighted by Gasteiger charge is -2.19. The Kier molecular flexibility index (Phi) is 4.80. The summed E-state index contributed by atoms with van der Waals surface area (Å²) in [6.45, 7) is 4.02. The Morgan fingerprint density at radius 1 is 0.920 bits per heavy atom. The molecule has 0 unspecified atom stereocenters. The topological polar surface area (TPSA) is 45.2 Å². The number of hydrogen-bond donors (Lipinski definition) is 1. The van der Waals surface area contributed by atoms with E-state index in [2.05, 4.69) is 10.3 Å². The van der Waals surface area contributed by atoms with Crippen molar-refractivity contribution in [1.29, 1.82) is 0 Å². The van der Waals surface area contributed by atoms with E-state index in [0.717, 1.165) is 28.2 Å². The van der Waals surface area contributed by atoms with Gasteiger partial charge in [-0.15, -0.1) is 0 Å². The molecule has 1 N–H and O–H groups in total. The molecule has 0 aliphatic rings. The second-order valence-electron chi connectivity index (χ2n) is 6.00. The Labute approximate surface area is 148 Å². The van der Waals surface area contributed by atoms with Crippen molar-refractivity contribution in [3.8, 4) is 0 Å². The highest BCUT2D eigenvalue weighted by Crippen LogP contribution is 2.23. The van der Waals surface area contributed by atoms with Crippen LogP contribution in [0.25, 0.3) is 0 Å². The van der Waals surface area contributed by atoms with Crippen molar-refractivity contribution < 1.29 is 4.79 Å². The molecule has 126 valence electrons. The molecule has 0 saturated carbocycles. The lowest BCUT2D eigenvalue weighted by Crippen LogP contribution is -2.15. The summed E-state index contributed by atoms with van der Waals surface area (Å²) in [5, 5.41) is 2.93. The van der Waals surface area contributed by atoms with Gasteiger partial charge in [0.15, 0.2) is 0 Å². The lowest BCUT2D eigenvalue weighted by atomic mass is 10.1. The van der Waals surface area contributed by atoms with E-state index in [1.54, 1.807) is 12.3 Å². The molecular formula is C21H21N3O. The number of anilines is 3. The number of carbonyl (C=O) groups excluding carboxylic acids is 1. The SMILES string of the molecule is Cc1cccc(NC(=O)c2ccc(N(C)c3ccccc3)cn2)c1C. The van der Waals surface area contributed by atoms with Crippen LogP contribution in [-0.4, -0.2) is 17.9 Å². The van der Waals surface area contributed by atoms with Gasteiger partial charge in [-0.05, 0) is 55.3 Å². The summed E-state index contributed by atoms with van der Waals surface area (Å²) in [5.41, 5.74) is 5.41. The van der Waals surface area contributed by atoms with Crippen LogP contribution in [-0.2, 0) is 0 Å². The molecular weight excluding hydrogens is 310 g/mol. The molecule has 0 radical (unpaired) electrons. The van der Waals surface area contributed by atoms with E-state index < -0.39 is 0 Å². The number of aromatic nitrogens is 1. The van der Waals surface area contributed by atoms with E-state index in [-0.39, 0.29) is 5.91 Å². The van der Waals surface area contributed by atoms with Crippen molar-refractivity contribution in [3.63, 3.8) is 0 Å². The van der Waals surface area contributed by atoms with Gasteiger partial charge >= 0.3 is 0 Å². The van der Waals surface area contributed by atoms with E-state index in [1.807, 2.05) is 80.4 Å². The normalized spacial score (nSPS) is 10.4. The third kappa shape index (κ3) is 3.69. The molecule has 0 aliphatic heterocycles. The van der Waals surface area contributed by atoms with Crippen LogP contribution < -0.4 is 10.2 Å².